The van der Waals surface area contributed by atoms with Crippen molar-refractivity contribution >= 4 is 35.1 Å². The van der Waals surface area contributed by atoms with Crippen molar-refractivity contribution in [3.05, 3.63) is 57.6 Å². The number of carbonyl (C=O) groups is 2. The van der Waals surface area contributed by atoms with E-state index in [1.54, 1.807) is 12.1 Å². The van der Waals surface area contributed by atoms with Gasteiger partial charge >= 0.3 is 11.9 Å². The molecular formula is C16H12Cl2O5. The SMILES string of the molecule is COc1ccc(C(=O)OC(=O)c2c(Cl)ccc(Cl)c2OC)cc1. The summed E-state index contributed by atoms with van der Waals surface area (Å²) in [5, 5.41) is 0.250. The highest BCUT2D eigenvalue weighted by atomic mass is 35.5. The van der Waals surface area contributed by atoms with E-state index < -0.39 is 11.9 Å². The Morgan fingerprint density at radius 1 is 0.826 bits per heavy atom. The molecule has 120 valence electrons. The van der Waals surface area contributed by atoms with Crippen molar-refractivity contribution in [3.8, 4) is 11.5 Å². The molecule has 0 bridgehead atoms. The number of hydrogen-bond acceptors (Lipinski definition) is 5. The van der Waals surface area contributed by atoms with Crippen LogP contribution in [0.1, 0.15) is 20.7 Å². The maximum Gasteiger partial charge on any atom is 0.351 e. The molecule has 0 atom stereocenters. The summed E-state index contributed by atoms with van der Waals surface area (Å²) in [5.41, 5.74) is 0.0831. The first kappa shape index (κ1) is 17.1. The Balaban J connectivity index is 2.25. The fourth-order valence-corrected chi connectivity index (χ4v) is 2.30. The number of ether oxygens (including phenoxy) is 3. The van der Waals surface area contributed by atoms with Gasteiger partial charge in [0.15, 0.2) is 5.75 Å². The van der Waals surface area contributed by atoms with Gasteiger partial charge in [-0.15, -0.1) is 0 Å². The van der Waals surface area contributed by atoms with E-state index in [4.69, 9.17) is 37.4 Å². The van der Waals surface area contributed by atoms with Crippen LogP contribution in [0.2, 0.25) is 10.0 Å². The normalized spacial score (nSPS) is 10.1. The maximum absolute atomic E-state index is 12.2. The average Bonchev–Trinajstić information content (AvgIpc) is 2.56. The van der Waals surface area contributed by atoms with E-state index in [0.29, 0.717) is 5.75 Å². The molecule has 2 aromatic carbocycles. The van der Waals surface area contributed by atoms with Crippen molar-refractivity contribution in [1.82, 2.24) is 0 Å². The highest BCUT2D eigenvalue weighted by Gasteiger charge is 2.23. The lowest BCUT2D eigenvalue weighted by atomic mass is 10.2. The van der Waals surface area contributed by atoms with Gasteiger partial charge in [0, 0.05) is 0 Å². The summed E-state index contributed by atoms with van der Waals surface area (Å²) in [4.78, 5) is 24.2. The van der Waals surface area contributed by atoms with Crippen molar-refractivity contribution in [2.45, 2.75) is 0 Å². The first-order valence-corrected chi connectivity index (χ1v) is 7.16. The van der Waals surface area contributed by atoms with Gasteiger partial charge in [0.1, 0.15) is 11.3 Å². The zero-order valence-corrected chi connectivity index (χ0v) is 13.8. The molecule has 0 saturated carbocycles. The Morgan fingerprint density at radius 3 is 2.00 bits per heavy atom. The second kappa shape index (κ2) is 7.35. The smallest absolute Gasteiger partial charge is 0.351 e. The van der Waals surface area contributed by atoms with Crippen LogP contribution >= 0.6 is 23.2 Å². The lowest BCUT2D eigenvalue weighted by molar-refractivity contribution is 0.0396. The molecule has 2 rings (SSSR count). The van der Waals surface area contributed by atoms with Crippen molar-refractivity contribution in [2.75, 3.05) is 14.2 Å². The van der Waals surface area contributed by atoms with Crippen LogP contribution in [0.3, 0.4) is 0 Å². The van der Waals surface area contributed by atoms with E-state index in [-0.39, 0.29) is 26.9 Å². The maximum atomic E-state index is 12.2. The number of carbonyl (C=O) groups excluding carboxylic acids is 2. The Hall–Kier alpha value is -2.24. The zero-order chi connectivity index (χ0) is 17.0. The van der Waals surface area contributed by atoms with Gasteiger partial charge < -0.3 is 14.2 Å². The first-order valence-electron chi connectivity index (χ1n) is 6.40. The molecule has 0 radical (unpaired) electrons. The number of esters is 2. The van der Waals surface area contributed by atoms with Crippen LogP contribution < -0.4 is 9.47 Å². The quantitative estimate of drug-likeness (QED) is 0.613. The Bertz CT molecular complexity index is 741. The molecule has 0 aromatic heterocycles. The second-order valence-electron chi connectivity index (χ2n) is 4.34. The first-order chi connectivity index (χ1) is 11.0. The predicted octanol–water partition coefficient (Wildman–Crippen LogP) is 4.01. The molecule has 2 aromatic rings. The molecule has 0 heterocycles. The molecule has 23 heavy (non-hydrogen) atoms. The van der Waals surface area contributed by atoms with Gasteiger partial charge in [0.05, 0.1) is 29.8 Å². The van der Waals surface area contributed by atoms with Crippen LogP contribution in [0, 0.1) is 0 Å². The molecule has 0 aliphatic heterocycles. The van der Waals surface area contributed by atoms with E-state index in [1.165, 1.54) is 38.5 Å². The number of benzene rings is 2. The van der Waals surface area contributed by atoms with Gasteiger partial charge in [-0.1, -0.05) is 23.2 Å². The van der Waals surface area contributed by atoms with Crippen LogP contribution in [0.4, 0.5) is 0 Å². The fraction of sp³-hybridized carbons (Fsp3) is 0.125. The number of methoxy groups -OCH3 is 2. The summed E-state index contributed by atoms with van der Waals surface area (Å²) >= 11 is 11.9. The molecule has 5 nitrogen and oxygen atoms in total. The molecule has 0 N–H and O–H groups in total. The molecular weight excluding hydrogens is 343 g/mol. The van der Waals surface area contributed by atoms with Gasteiger partial charge in [-0.3, -0.25) is 0 Å². The van der Waals surface area contributed by atoms with Crippen LogP contribution in [0.5, 0.6) is 11.5 Å². The van der Waals surface area contributed by atoms with E-state index in [0.717, 1.165) is 0 Å². The van der Waals surface area contributed by atoms with Gasteiger partial charge in [0.2, 0.25) is 0 Å². The molecule has 0 aliphatic carbocycles. The lowest BCUT2D eigenvalue weighted by Gasteiger charge is -2.11. The third-order valence-corrected chi connectivity index (χ3v) is 3.59. The van der Waals surface area contributed by atoms with Gasteiger partial charge in [-0.25, -0.2) is 9.59 Å². The van der Waals surface area contributed by atoms with E-state index in [9.17, 15) is 9.59 Å². The summed E-state index contributed by atoms with van der Waals surface area (Å²) in [6, 6.07) is 9.00. The molecule has 0 saturated heterocycles. The molecule has 0 fully saturated rings. The van der Waals surface area contributed by atoms with Gasteiger partial charge in [-0.2, -0.15) is 0 Å². The molecule has 0 aliphatic rings. The standard InChI is InChI=1S/C16H12Cl2O5/c1-21-10-5-3-9(4-6-10)15(19)23-16(20)13-11(17)7-8-12(18)14(13)22-2/h3-8H,1-2H3. The molecule has 0 spiro atoms. The number of halogens is 2. The summed E-state index contributed by atoms with van der Waals surface area (Å²) in [7, 11) is 2.84. The molecule has 0 amide bonds. The highest BCUT2D eigenvalue weighted by molar-refractivity contribution is 6.37. The largest absolute Gasteiger partial charge is 0.497 e. The summed E-state index contributed by atoms with van der Waals surface area (Å²) in [5.74, 6) is -1.15. The monoisotopic (exact) mass is 354 g/mol. The summed E-state index contributed by atoms with van der Waals surface area (Å²) in [6.07, 6.45) is 0. The topological polar surface area (TPSA) is 61.8 Å². The van der Waals surface area contributed by atoms with Crippen molar-refractivity contribution in [1.29, 1.82) is 0 Å². The Kier molecular flexibility index (Phi) is 5.47. The van der Waals surface area contributed by atoms with Gasteiger partial charge in [-0.05, 0) is 36.4 Å². The minimum Gasteiger partial charge on any atom is -0.497 e. The summed E-state index contributed by atoms with van der Waals surface area (Å²) < 4.78 is 14.9. The molecule has 7 heteroatoms. The van der Waals surface area contributed by atoms with E-state index in [2.05, 4.69) is 0 Å². The zero-order valence-electron chi connectivity index (χ0n) is 12.3. The van der Waals surface area contributed by atoms with Crippen LogP contribution in [-0.2, 0) is 4.74 Å². The van der Waals surface area contributed by atoms with Crippen LogP contribution in [0.25, 0.3) is 0 Å². The minimum absolute atomic E-state index is 0.0479. The second-order valence-corrected chi connectivity index (χ2v) is 5.16. The summed E-state index contributed by atoms with van der Waals surface area (Å²) in [6.45, 7) is 0. The van der Waals surface area contributed by atoms with Crippen molar-refractivity contribution in [2.24, 2.45) is 0 Å². The average molecular weight is 355 g/mol. The third-order valence-electron chi connectivity index (χ3n) is 2.98. The fourth-order valence-electron chi connectivity index (χ4n) is 1.84. The van der Waals surface area contributed by atoms with Crippen molar-refractivity contribution in [3.63, 3.8) is 0 Å². The Labute approximate surface area is 142 Å². The van der Waals surface area contributed by atoms with Crippen molar-refractivity contribution < 1.29 is 23.8 Å². The number of rotatable bonds is 4. The van der Waals surface area contributed by atoms with E-state index in [1.807, 2.05) is 0 Å². The number of hydrogen-bond donors (Lipinski definition) is 0. The molecule has 0 unspecified atom stereocenters. The van der Waals surface area contributed by atoms with Gasteiger partial charge in [0.25, 0.3) is 0 Å². The Morgan fingerprint density at radius 2 is 1.43 bits per heavy atom. The van der Waals surface area contributed by atoms with E-state index >= 15 is 0 Å². The highest BCUT2D eigenvalue weighted by Crippen LogP contribution is 2.34. The minimum atomic E-state index is -0.949. The van der Waals surface area contributed by atoms with Crippen LogP contribution in [0.15, 0.2) is 36.4 Å². The van der Waals surface area contributed by atoms with Crippen LogP contribution in [-0.4, -0.2) is 26.2 Å². The third kappa shape index (κ3) is 3.75. The lowest BCUT2D eigenvalue weighted by Crippen LogP contribution is -2.14. The predicted molar refractivity (Wildman–Crippen MR) is 85.8 cm³/mol.